The van der Waals surface area contributed by atoms with E-state index in [1.54, 1.807) is 12.1 Å². The number of aryl methyl sites for hydroxylation is 1. The Morgan fingerprint density at radius 3 is 2.64 bits per heavy atom. The lowest BCUT2D eigenvalue weighted by molar-refractivity contribution is -0.123. The smallest absolute Gasteiger partial charge is 0.276 e. The predicted molar refractivity (Wildman–Crippen MR) is 121 cm³/mol. The highest BCUT2D eigenvalue weighted by Crippen LogP contribution is 2.41. The Balaban J connectivity index is 1.36. The summed E-state index contributed by atoms with van der Waals surface area (Å²) < 4.78 is 11.0. The number of benzene rings is 2. The molecule has 2 heterocycles. The normalized spacial score (nSPS) is 13.0. The molecular weight excluding hydrogens is 420 g/mol. The number of rotatable bonds is 6. The van der Waals surface area contributed by atoms with Gasteiger partial charge in [0.25, 0.3) is 17.5 Å². The van der Waals surface area contributed by atoms with Crippen LogP contribution in [-0.2, 0) is 4.79 Å². The number of nitrogens with one attached hydrogen (secondary N) is 2. The van der Waals surface area contributed by atoms with Crippen molar-refractivity contribution in [1.82, 2.24) is 21.0 Å². The molecule has 2 N–H and O–H groups in total. The Morgan fingerprint density at radius 2 is 1.88 bits per heavy atom. The molecule has 0 spiro atoms. The molecule has 0 atom stereocenters. The van der Waals surface area contributed by atoms with Gasteiger partial charge in [0.05, 0.1) is 10.9 Å². The number of pyridine rings is 1. The molecule has 1 aliphatic carbocycles. The molecule has 0 aliphatic heterocycles. The number of fused-ring (bicyclic) bond motifs is 1. The van der Waals surface area contributed by atoms with Crippen molar-refractivity contribution in [3.05, 3.63) is 77.5 Å². The summed E-state index contributed by atoms with van der Waals surface area (Å²) in [6.45, 7) is 1.71. The number of ether oxygens (including phenoxy) is 1. The van der Waals surface area contributed by atoms with Crippen LogP contribution in [0.1, 0.15) is 40.4 Å². The molecule has 4 aromatic rings. The summed E-state index contributed by atoms with van der Waals surface area (Å²) in [4.78, 5) is 29.9. The molecule has 0 unspecified atom stereocenters. The van der Waals surface area contributed by atoms with Crippen molar-refractivity contribution in [2.45, 2.75) is 25.7 Å². The van der Waals surface area contributed by atoms with Crippen LogP contribution in [0.5, 0.6) is 5.75 Å². The van der Waals surface area contributed by atoms with Crippen LogP contribution in [-0.4, -0.2) is 28.6 Å². The lowest BCUT2D eigenvalue weighted by atomic mass is 10.0. The highest BCUT2D eigenvalue weighted by atomic mass is 16.5. The van der Waals surface area contributed by atoms with Crippen molar-refractivity contribution in [1.29, 1.82) is 0 Å². The topological polar surface area (TPSA) is 106 Å². The van der Waals surface area contributed by atoms with E-state index in [4.69, 9.17) is 9.26 Å². The van der Waals surface area contributed by atoms with Gasteiger partial charge < -0.3 is 9.26 Å². The highest BCUT2D eigenvalue weighted by molar-refractivity contribution is 6.10. The quantitative estimate of drug-likeness (QED) is 0.439. The van der Waals surface area contributed by atoms with E-state index < -0.39 is 11.8 Å². The Bertz CT molecular complexity index is 1330. The molecule has 1 saturated carbocycles. The van der Waals surface area contributed by atoms with E-state index in [1.807, 2.05) is 55.5 Å². The monoisotopic (exact) mass is 442 g/mol. The lowest BCUT2D eigenvalue weighted by Crippen LogP contribution is -2.44. The van der Waals surface area contributed by atoms with Gasteiger partial charge in [0.2, 0.25) is 0 Å². The first-order valence-electron chi connectivity index (χ1n) is 10.7. The van der Waals surface area contributed by atoms with Crippen LogP contribution in [0.4, 0.5) is 0 Å². The molecule has 0 saturated heterocycles. The predicted octanol–water partition coefficient (Wildman–Crippen LogP) is 3.92. The number of carbonyl (C=O) groups is 2. The van der Waals surface area contributed by atoms with Crippen LogP contribution in [0.3, 0.4) is 0 Å². The second-order valence-electron chi connectivity index (χ2n) is 8.05. The standard InChI is InChI=1S/C25H22N4O4/c1-15-6-5-9-18(12-15)32-14-21(30)27-28-24(31)19-13-20(16-10-11-16)26-25-22(19)23(29-33-25)17-7-3-2-4-8-17/h2-9,12-13,16H,10-11,14H2,1H3,(H,27,30)(H,28,31). The number of amides is 2. The lowest BCUT2D eigenvalue weighted by Gasteiger charge is -2.10. The van der Waals surface area contributed by atoms with E-state index in [1.165, 1.54) is 0 Å². The zero-order chi connectivity index (χ0) is 22.8. The Hall–Kier alpha value is -4.20. The van der Waals surface area contributed by atoms with Crippen molar-refractivity contribution < 1.29 is 18.8 Å². The van der Waals surface area contributed by atoms with Crippen LogP contribution in [0, 0.1) is 6.92 Å². The fourth-order valence-corrected chi connectivity index (χ4v) is 3.61. The minimum absolute atomic E-state index is 0.231. The van der Waals surface area contributed by atoms with Crippen LogP contribution >= 0.6 is 0 Å². The van der Waals surface area contributed by atoms with Crippen LogP contribution in [0.15, 0.2) is 65.2 Å². The van der Waals surface area contributed by atoms with Crippen molar-refractivity contribution in [3.8, 4) is 17.0 Å². The first-order valence-corrected chi connectivity index (χ1v) is 10.7. The van der Waals surface area contributed by atoms with Crippen molar-refractivity contribution in [2.75, 3.05) is 6.61 Å². The third-order valence-electron chi connectivity index (χ3n) is 5.43. The Labute approximate surface area is 189 Å². The number of aromatic nitrogens is 2. The fourth-order valence-electron chi connectivity index (χ4n) is 3.61. The number of nitrogens with zero attached hydrogens (tertiary/aromatic N) is 2. The molecule has 166 valence electrons. The SMILES string of the molecule is Cc1cccc(OCC(=O)NNC(=O)c2cc(C3CC3)nc3onc(-c4ccccc4)c23)c1. The summed E-state index contributed by atoms with van der Waals surface area (Å²) in [6, 6.07) is 18.6. The van der Waals surface area contributed by atoms with Gasteiger partial charge in [-0.05, 0) is 43.5 Å². The van der Waals surface area contributed by atoms with Gasteiger partial charge in [-0.3, -0.25) is 20.4 Å². The third-order valence-corrected chi connectivity index (χ3v) is 5.43. The van der Waals surface area contributed by atoms with Crippen molar-refractivity contribution in [2.24, 2.45) is 0 Å². The molecule has 0 radical (unpaired) electrons. The molecule has 2 aromatic heterocycles. The Kier molecular flexibility index (Phi) is 5.48. The molecule has 8 nitrogen and oxygen atoms in total. The van der Waals surface area contributed by atoms with E-state index in [0.29, 0.717) is 34.0 Å². The van der Waals surface area contributed by atoms with Crippen LogP contribution < -0.4 is 15.6 Å². The molecule has 0 bridgehead atoms. The number of hydrogen-bond donors (Lipinski definition) is 2. The maximum Gasteiger partial charge on any atom is 0.276 e. The second kappa shape index (κ2) is 8.74. The molecule has 8 heteroatoms. The van der Waals surface area contributed by atoms with Gasteiger partial charge in [0, 0.05) is 17.2 Å². The first-order chi connectivity index (χ1) is 16.1. The number of hydrazine groups is 1. The molecule has 33 heavy (non-hydrogen) atoms. The van der Waals surface area contributed by atoms with Gasteiger partial charge in [-0.25, -0.2) is 4.98 Å². The minimum Gasteiger partial charge on any atom is -0.484 e. The van der Waals surface area contributed by atoms with Gasteiger partial charge in [-0.1, -0.05) is 47.6 Å². The number of carbonyl (C=O) groups excluding carboxylic acids is 2. The Morgan fingerprint density at radius 1 is 1.06 bits per heavy atom. The third kappa shape index (κ3) is 4.55. The zero-order valence-corrected chi connectivity index (χ0v) is 18.0. The zero-order valence-electron chi connectivity index (χ0n) is 18.0. The van der Waals surface area contributed by atoms with E-state index in [0.717, 1.165) is 29.7 Å². The summed E-state index contributed by atoms with van der Waals surface area (Å²) in [5.41, 5.74) is 8.69. The summed E-state index contributed by atoms with van der Waals surface area (Å²) in [5, 5.41) is 4.68. The summed E-state index contributed by atoms with van der Waals surface area (Å²) in [7, 11) is 0. The van der Waals surface area contributed by atoms with Gasteiger partial charge in [-0.15, -0.1) is 0 Å². The molecule has 1 fully saturated rings. The van der Waals surface area contributed by atoms with Gasteiger partial charge in [0.1, 0.15) is 11.4 Å². The maximum absolute atomic E-state index is 13.1. The van der Waals surface area contributed by atoms with Crippen molar-refractivity contribution >= 4 is 22.9 Å². The van der Waals surface area contributed by atoms with E-state index in [9.17, 15) is 9.59 Å². The summed E-state index contributed by atoms with van der Waals surface area (Å²) in [5.74, 6) is -0.0679. The molecule has 5 rings (SSSR count). The molecule has 1 aliphatic rings. The average Bonchev–Trinajstić information content (AvgIpc) is 3.60. The summed E-state index contributed by atoms with van der Waals surface area (Å²) >= 11 is 0. The minimum atomic E-state index is -0.480. The molecule has 2 amide bonds. The first kappa shape index (κ1) is 20.7. The summed E-state index contributed by atoms with van der Waals surface area (Å²) in [6.07, 6.45) is 2.04. The average molecular weight is 442 g/mol. The molecule has 2 aromatic carbocycles. The van der Waals surface area contributed by atoms with Crippen molar-refractivity contribution in [3.63, 3.8) is 0 Å². The highest BCUT2D eigenvalue weighted by Gasteiger charge is 2.29. The van der Waals surface area contributed by atoms with Gasteiger partial charge >= 0.3 is 0 Å². The van der Waals surface area contributed by atoms with E-state index >= 15 is 0 Å². The van der Waals surface area contributed by atoms with E-state index in [-0.39, 0.29) is 6.61 Å². The largest absolute Gasteiger partial charge is 0.484 e. The van der Waals surface area contributed by atoms with Gasteiger partial charge in [0.15, 0.2) is 6.61 Å². The van der Waals surface area contributed by atoms with E-state index in [2.05, 4.69) is 21.0 Å². The second-order valence-corrected chi connectivity index (χ2v) is 8.05. The molecular formula is C25H22N4O4. The number of hydrogen-bond acceptors (Lipinski definition) is 6. The van der Waals surface area contributed by atoms with Gasteiger partial charge in [-0.2, -0.15) is 0 Å². The maximum atomic E-state index is 13.1. The van der Waals surface area contributed by atoms with Crippen LogP contribution in [0.2, 0.25) is 0 Å². The fraction of sp³-hybridized carbons (Fsp3) is 0.200. The van der Waals surface area contributed by atoms with Crippen LogP contribution in [0.25, 0.3) is 22.4 Å².